The average molecular weight is 352 g/mol. The summed E-state index contributed by atoms with van der Waals surface area (Å²) < 4.78 is 32.9. The van der Waals surface area contributed by atoms with E-state index < -0.39 is 10.0 Å². The van der Waals surface area contributed by atoms with Crippen LogP contribution < -0.4 is 4.74 Å². The SMILES string of the molecule is O=S(=O)(c1cccc(Cl)c1)N1CCCC(Oc2ccccc2)C1. The third-order valence-corrected chi connectivity index (χ3v) is 5.92. The summed E-state index contributed by atoms with van der Waals surface area (Å²) in [6.45, 7) is 0.854. The lowest BCUT2D eigenvalue weighted by Crippen LogP contribution is -2.44. The van der Waals surface area contributed by atoms with Crippen molar-refractivity contribution >= 4 is 21.6 Å². The van der Waals surface area contributed by atoms with Crippen LogP contribution in [0.2, 0.25) is 5.02 Å². The molecule has 1 fully saturated rings. The van der Waals surface area contributed by atoms with Crippen molar-refractivity contribution in [2.75, 3.05) is 13.1 Å². The minimum Gasteiger partial charge on any atom is -0.489 e. The van der Waals surface area contributed by atoms with Crippen LogP contribution in [-0.2, 0) is 10.0 Å². The van der Waals surface area contributed by atoms with Gasteiger partial charge in [-0.1, -0.05) is 35.9 Å². The van der Waals surface area contributed by atoms with E-state index in [2.05, 4.69) is 0 Å². The quantitative estimate of drug-likeness (QED) is 0.846. The number of nitrogens with zero attached hydrogens (tertiary/aromatic N) is 1. The van der Waals surface area contributed by atoms with Crippen LogP contribution in [0.1, 0.15) is 12.8 Å². The zero-order chi connectivity index (χ0) is 16.3. The average Bonchev–Trinajstić information content (AvgIpc) is 2.56. The second-order valence-electron chi connectivity index (χ2n) is 5.52. The minimum absolute atomic E-state index is 0.139. The van der Waals surface area contributed by atoms with E-state index in [0.717, 1.165) is 18.6 Å². The molecule has 1 saturated heterocycles. The molecule has 0 N–H and O–H groups in total. The van der Waals surface area contributed by atoms with Crippen LogP contribution in [0.4, 0.5) is 0 Å². The molecule has 0 aliphatic carbocycles. The molecule has 1 aliphatic rings. The van der Waals surface area contributed by atoms with Crippen LogP contribution in [-0.4, -0.2) is 31.9 Å². The first kappa shape index (κ1) is 16.3. The summed E-state index contributed by atoms with van der Waals surface area (Å²) in [7, 11) is -3.54. The van der Waals surface area contributed by atoms with Crippen LogP contribution >= 0.6 is 11.6 Å². The Balaban J connectivity index is 1.75. The highest BCUT2D eigenvalue weighted by Crippen LogP contribution is 2.25. The van der Waals surface area contributed by atoms with E-state index in [1.807, 2.05) is 30.3 Å². The number of para-hydroxylation sites is 1. The molecule has 0 aromatic heterocycles. The summed E-state index contributed by atoms with van der Waals surface area (Å²) in [6.07, 6.45) is 1.48. The van der Waals surface area contributed by atoms with Gasteiger partial charge in [-0.2, -0.15) is 4.31 Å². The zero-order valence-corrected chi connectivity index (χ0v) is 14.1. The summed E-state index contributed by atoms with van der Waals surface area (Å²) in [6, 6.07) is 15.9. The van der Waals surface area contributed by atoms with E-state index in [4.69, 9.17) is 16.3 Å². The molecule has 4 nitrogen and oxygen atoms in total. The lowest BCUT2D eigenvalue weighted by molar-refractivity contribution is 0.130. The molecule has 0 spiro atoms. The van der Waals surface area contributed by atoms with Gasteiger partial charge in [0.2, 0.25) is 10.0 Å². The van der Waals surface area contributed by atoms with Crippen molar-refractivity contribution in [3.8, 4) is 5.75 Å². The molecule has 0 bridgehead atoms. The van der Waals surface area contributed by atoms with E-state index in [-0.39, 0.29) is 11.0 Å². The molecule has 0 radical (unpaired) electrons. The van der Waals surface area contributed by atoms with Gasteiger partial charge < -0.3 is 4.74 Å². The highest BCUT2D eigenvalue weighted by Gasteiger charge is 2.31. The normalized spacial score (nSPS) is 19.4. The number of benzene rings is 2. The fourth-order valence-electron chi connectivity index (χ4n) is 2.69. The van der Waals surface area contributed by atoms with Gasteiger partial charge in [-0.3, -0.25) is 0 Å². The molecule has 23 heavy (non-hydrogen) atoms. The molecule has 0 amide bonds. The van der Waals surface area contributed by atoms with Crippen molar-refractivity contribution in [3.05, 3.63) is 59.6 Å². The predicted octanol–water partition coefficient (Wildman–Crippen LogP) is 3.57. The fourth-order valence-corrected chi connectivity index (χ4v) is 4.50. The summed E-state index contributed by atoms with van der Waals surface area (Å²) in [5, 5.41) is 0.417. The summed E-state index contributed by atoms with van der Waals surface area (Å²) in [4.78, 5) is 0.227. The maximum atomic E-state index is 12.7. The van der Waals surface area contributed by atoms with Crippen molar-refractivity contribution in [3.63, 3.8) is 0 Å². The lowest BCUT2D eigenvalue weighted by atomic mass is 10.1. The largest absolute Gasteiger partial charge is 0.489 e. The molecule has 1 atom stereocenters. The van der Waals surface area contributed by atoms with E-state index in [1.165, 1.54) is 10.4 Å². The maximum Gasteiger partial charge on any atom is 0.243 e. The molecule has 2 aromatic carbocycles. The molecule has 6 heteroatoms. The first-order chi connectivity index (χ1) is 11.1. The Bertz CT molecular complexity index is 764. The Labute approximate surface area is 141 Å². The smallest absolute Gasteiger partial charge is 0.243 e. The van der Waals surface area contributed by atoms with E-state index in [9.17, 15) is 8.42 Å². The van der Waals surface area contributed by atoms with Gasteiger partial charge in [-0.05, 0) is 43.2 Å². The number of hydrogen-bond acceptors (Lipinski definition) is 3. The molecule has 0 saturated carbocycles. The predicted molar refractivity (Wildman–Crippen MR) is 90.3 cm³/mol. The fraction of sp³-hybridized carbons (Fsp3) is 0.294. The molecular weight excluding hydrogens is 334 g/mol. The van der Waals surface area contributed by atoms with Gasteiger partial charge in [0.15, 0.2) is 0 Å². The highest BCUT2D eigenvalue weighted by atomic mass is 35.5. The van der Waals surface area contributed by atoms with Gasteiger partial charge in [-0.15, -0.1) is 0 Å². The van der Waals surface area contributed by atoms with Gasteiger partial charge in [0, 0.05) is 11.6 Å². The third-order valence-electron chi connectivity index (χ3n) is 3.82. The van der Waals surface area contributed by atoms with Crippen molar-refractivity contribution in [1.29, 1.82) is 0 Å². The second kappa shape index (κ2) is 6.91. The molecule has 3 rings (SSSR count). The Morgan fingerprint density at radius 2 is 1.87 bits per heavy atom. The summed E-state index contributed by atoms with van der Waals surface area (Å²) in [5.74, 6) is 0.763. The number of sulfonamides is 1. The Hall–Kier alpha value is -1.56. The van der Waals surface area contributed by atoms with E-state index in [1.54, 1.807) is 18.2 Å². The molecule has 2 aromatic rings. The van der Waals surface area contributed by atoms with Crippen LogP contribution in [0.5, 0.6) is 5.75 Å². The first-order valence-corrected chi connectivity index (χ1v) is 9.35. The lowest BCUT2D eigenvalue weighted by Gasteiger charge is -2.32. The molecule has 1 unspecified atom stereocenters. The van der Waals surface area contributed by atoms with Crippen molar-refractivity contribution < 1.29 is 13.2 Å². The summed E-state index contributed by atoms with van der Waals surface area (Å²) in [5.41, 5.74) is 0. The zero-order valence-electron chi connectivity index (χ0n) is 12.6. The number of piperidine rings is 1. The van der Waals surface area contributed by atoms with E-state index >= 15 is 0 Å². The molecule has 1 heterocycles. The third kappa shape index (κ3) is 3.86. The highest BCUT2D eigenvalue weighted by molar-refractivity contribution is 7.89. The van der Waals surface area contributed by atoms with Crippen LogP contribution in [0, 0.1) is 0 Å². The van der Waals surface area contributed by atoms with Gasteiger partial charge >= 0.3 is 0 Å². The van der Waals surface area contributed by atoms with Crippen LogP contribution in [0.3, 0.4) is 0 Å². The topological polar surface area (TPSA) is 46.6 Å². The first-order valence-electron chi connectivity index (χ1n) is 7.53. The van der Waals surface area contributed by atoms with Gasteiger partial charge in [0.05, 0.1) is 11.4 Å². The second-order valence-corrected chi connectivity index (χ2v) is 7.89. The van der Waals surface area contributed by atoms with Crippen molar-refractivity contribution in [1.82, 2.24) is 4.31 Å². The minimum atomic E-state index is -3.54. The monoisotopic (exact) mass is 351 g/mol. The Morgan fingerprint density at radius 3 is 2.61 bits per heavy atom. The number of ether oxygens (including phenoxy) is 1. The molecular formula is C17H18ClNO3S. The van der Waals surface area contributed by atoms with Gasteiger partial charge in [-0.25, -0.2) is 8.42 Å². The number of rotatable bonds is 4. The molecule has 1 aliphatic heterocycles. The maximum absolute atomic E-state index is 12.7. The van der Waals surface area contributed by atoms with Crippen molar-refractivity contribution in [2.45, 2.75) is 23.8 Å². The van der Waals surface area contributed by atoms with Crippen molar-refractivity contribution in [2.24, 2.45) is 0 Å². The Morgan fingerprint density at radius 1 is 1.09 bits per heavy atom. The van der Waals surface area contributed by atoms with Gasteiger partial charge in [0.25, 0.3) is 0 Å². The van der Waals surface area contributed by atoms with Crippen LogP contribution in [0.15, 0.2) is 59.5 Å². The van der Waals surface area contributed by atoms with Crippen LogP contribution in [0.25, 0.3) is 0 Å². The van der Waals surface area contributed by atoms with E-state index in [0.29, 0.717) is 18.1 Å². The number of hydrogen-bond donors (Lipinski definition) is 0. The standard InChI is InChI=1S/C17H18ClNO3S/c18-14-6-4-10-17(12-14)23(20,21)19-11-5-9-16(13-19)22-15-7-2-1-3-8-15/h1-4,6-8,10,12,16H,5,9,11,13H2. The Kier molecular flexibility index (Phi) is 4.90. The molecule has 122 valence electrons. The summed E-state index contributed by atoms with van der Waals surface area (Å²) >= 11 is 5.92. The van der Waals surface area contributed by atoms with Gasteiger partial charge in [0.1, 0.15) is 11.9 Å². The number of halogens is 1.